The number of carbonyl (C=O) groups excluding carboxylic acids is 1. The van der Waals surface area contributed by atoms with Gasteiger partial charge >= 0.3 is 5.97 Å². The van der Waals surface area contributed by atoms with E-state index in [4.69, 9.17) is 5.73 Å². The number of allylic oxidation sites excluding steroid dienone is 1. The maximum absolute atomic E-state index is 11.2. The van der Waals surface area contributed by atoms with E-state index in [0.717, 1.165) is 36.0 Å². The highest BCUT2D eigenvalue weighted by atomic mass is 16.5. The van der Waals surface area contributed by atoms with Crippen LogP contribution in [-0.2, 0) is 16.0 Å². The quantitative estimate of drug-likeness (QED) is 0.597. The van der Waals surface area contributed by atoms with Crippen molar-refractivity contribution in [2.75, 3.05) is 13.7 Å². The van der Waals surface area contributed by atoms with Crippen molar-refractivity contribution in [2.45, 2.75) is 25.7 Å². The summed E-state index contributed by atoms with van der Waals surface area (Å²) >= 11 is 0. The van der Waals surface area contributed by atoms with E-state index in [1.54, 1.807) is 6.20 Å². The van der Waals surface area contributed by atoms with Crippen LogP contribution in [0.15, 0.2) is 54.9 Å². The second-order valence-corrected chi connectivity index (χ2v) is 5.56. The normalized spacial score (nSPS) is 11.3. The Bertz CT molecular complexity index is 664. The first-order valence-electron chi connectivity index (χ1n) is 8.21. The fraction of sp³-hybridized carbons (Fsp3) is 0.300. The molecule has 0 fully saturated rings. The maximum atomic E-state index is 11.2. The SMILES string of the molecule is COC(=O)CCCC=C(c1ccc(CCN)cc1)c1cccnc1. The lowest BCUT2D eigenvalue weighted by molar-refractivity contribution is -0.140. The second kappa shape index (κ2) is 9.63. The molecule has 4 heteroatoms. The minimum atomic E-state index is -0.169. The third kappa shape index (κ3) is 5.32. The summed E-state index contributed by atoms with van der Waals surface area (Å²) in [7, 11) is 1.42. The molecule has 1 heterocycles. The molecule has 24 heavy (non-hydrogen) atoms. The summed E-state index contributed by atoms with van der Waals surface area (Å²) in [5.74, 6) is -0.169. The molecule has 0 unspecified atom stereocenters. The second-order valence-electron chi connectivity index (χ2n) is 5.56. The van der Waals surface area contributed by atoms with Crippen LogP contribution in [0.1, 0.15) is 36.0 Å². The van der Waals surface area contributed by atoms with E-state index in [9.17, 15) is 4.79 Å². The molecule has 2 aromatic rings. The molecule has 0 bridgehead atoms. The Morgan fingerprint density at radius 3 is 2.62 bits per heavy atom. The van der Waals surface area contributed by atoms with Crippen molar-refractivity contribution in [1.29, 1.82) is 0 Å². The van der Waals surface area contributed by atoms with Crippen LogP contribution in [0.5, 0.6) is 0 Å². The fourth-order valence-electron chi connectivity index (χ4n) is 2.54. The van der Waals surface area contributed by atoms with Crippen LogP contribution in [0.2, 0.25) is 0 Å². The van der Waals surface area contributed by atoms with Gasteiger partial charge in [0.05, 0.1) is 7.11 Å². The molecular formula is C20H24N2O2. The van der Waals surface area contributed by atoms with Gasteiger partial charge in [-0.05, 0) is 48.6 Å². The van der Waals surface area contributed by atoms with Gasteiger partial charge in [-0.3, -0.25) is 9.78 Å². The van der Waals surface area contributed by atoms with Crippen LogP contribution in [0, 0.1) is 0 Å². The molecule has 0 saturated carbocycles. The summed E-state index contributed by atoms with van der Waals surface area (Å²) < 4.78 is 4.68. The Hall–Kier alpha value is -2.46. The number of benzene rings is 1. The molecule has 0 aliphatic heterocycles. The predicted octanol–water partition coefficient (Wildman–Crippen LogP) is 3.36. The number of nitrogens with two attached hydrogens (primary N) is 1. The number of unbranched alkanes of at least 4 members (excludes halogenated alkanes) is 1. The van der Waals surface area contributed by atoms with Crippen LogP contribution in [0.25, 0.3) is 5.57 Å². The molecule has 0 saturated heterocycles. The van der Waals surface area contributed by atoms with E-state index in [-0.39, 0.29) is 5.97 Å². The predicted molar refractivity (Wildman–Crippen MR) is 96.4 cm³/mol. The van der Waals surface area contributed by atoms with Gasteiger partial charge in [0.25, 0.3) is 0 Å². The molecule has 0 aliphatic carbocycles. The van der Waals surface area contributed by atoms with Gasteiger partial charge in [0.2, 0.25) is 0 Å². The molecule has 0 radical (unpaired) electrons. The first kappa shape index (κ1) is 17.9. The largest absolute Gasteiger partial charge is 0.469 e. The maximum Gasteiger partial charge on any atom is 0.305 e. The van der Waals surface area contributed by atoms with Crippen molar-refractivity contribution < 1.29 is 9.53 Å². The highest BCUT2D eigenvalue weighted by Crippen LogP contribution is 2.24. The van der Waals surface area contributed by atoms with Crippen molar-refractivity contribution in [2.24, 2.45) is 5.73 Å². The molecule has 0 atom stereocenters. The lowest BCUT2D eigenvalue weighted by Gasteiger charge is -2.09. The number of ether oxygens (including phenoxy) is 1. The van der Waals surface area contributed by atoms with Gasteiger partial charge in [-0.25, -0.2) is 0 Å². The summed E-state index contributed by atoms with van der Waals surface area (Å²) in [4.78, 5) is 15.4. The zero-order valence-corrected chi connectivity index (χ0v) is 14.1. The molecule has 4 nitrogen and oxygen atoms in total. The molecule has 2 rings (SSSR count). The van der Waals surface area contributed by atoms with Crippen molar-refractivity contribution in [3.8, 4) is 0 Å². The number of rotatable bonds is 8. The van der Waals surface area contributed by atoms with E-state index in [1.165, 1.54) is 12.7 Å². The summed E-state index contributed by atoms with van der Waals surface area (Å²) in [6.45, 7) is 0.651. The summed E-state index contributed by atoms with van der Waals surface area (Å²) in [6.07, 6.45) is 8.68. The number of nitrogens with zero attached hydrogens (tertiary/aromatic N) is 1. The highest BCUT2D eigenvalue weighted by Gasteiger charge is 2.06. The van der Waals surface area contributed by atoms with Gasteiger partial charge in [-0.2, -0.15) is 0 Å². The number of esters is 1. The third-order valence-electron chi connectivity index (χ3n) is 3.83. The van der Waals surface area contributed by atoms with E-state index in [2.05, 4.69) is 40.1 Å². The van der Waals surface area contributed by atoms with Gasteiger partial charge in [0.1, 0.15) is 0 Å². The van der Waals surface area contributed by atoms with Gasteiger partial charge in [-0.1, -0.05) is 36.4 Å². The summed E-state index contributed by atoms with van der Waals surface area (Å²) in [5, 5.41) is 0. The Morgan fingerprint density at radius 1 is 1.21 bits per heavy atom. The monoisotopic (exact) mass is 324 g/mol. The van der Waals surface area contributed by atoms with Crippen LogP contribution in [-0.4, -0.2) is 24.6 Å². The van der Waals surface area contributed by atoms with E-state index in [0.29, 0.717) is 13.0 Å². The zero-order chi connectivity index (χ0) is 17.2. The van der Waals surface area contributed by atoms with Crippen molar-refractivity contribution in [1.82, 2.24) is 4.98 Å². The number of hydrogen-bond donors (Lipinski definition) is 1. The molecular weight excluding hydrogens is 300 g/mol. The summed E-state index contributed by atoms with van der Waals surface area (Å²) in [5.41, 5.74) is 10.2. The van der Waals surface area contributed by atoms with Crippen LogP contribution >= 0.6 is 0 Å². The van der Waals surface area contributed by atoms with Gasteiger partial charge in [0.15, 0.2) is 0 Å². The minimum absolute atomic E-state index is 0.169. The first-order chi connectivity index (χ1) is 11.7. The molecule has 0 amide bonds. The van der Waals surface area contributed by atoms with E-state index in [1.807, 2.05) is 18.3 Å². The van der Waals surface area contributed by atoms with Crippen LogP contribution in [0.4, 0.5) is 0 Å². The van der Waals surface area contributed by atoms with Crippen LogP contribution < -0.4 is 5.73 Å². The Morgan fingerprint density at radius 2 is 2.00 bits per heavy atom. The molecule has 0 spiro atoms. The van der Waals surface area contributed by atoms with E-state index < -0.39 is 0 Å². The highest BCUT2D eigenvalue weighted by molar-refractivity contribution is 5.79. The molecule has 1 aromatic carbocycles. The topological polar surface area (TPSA) is 65.2 Å². The zero-order valence-electron chi connectivity index (χ0n) is 14.1. The average Bonchev–Trinajstić information content (AvgIpc) is 2.63. The van der Waals surface area contributed by atoms with Crippen molar-refractivity contribution in [3.05, 3.63) is 71.6 Å². The molecule has 1 aromatic heterocycles. The first-order valence-corrected chi connectivity index (χ1v) is 8.21. The van der Waals surface area contributed by atoms with E-state index >= 15 is 0 Å². The minimum Gasteiger partial charge on any atom is -0.469 e. The summed E-state index contributed by atoms with van der Waals surface area (Å²) in [6, 6.07) is 12.4. The third-order valence-corrected chi connectivity index (χ3v) is 3.83. The number of pyridine rings is 1. The number of carbonyl (C=O) groups is 1. The van der Waals surface area contributed by atoms with Crippen molar-refractivity contribution >= 4 is 11.5 Å². The Kier molecular flexibility index (Phi) is 7.18. The van der Waals surface area contributed by atoms with Gasteiger partial charge in [-0.15, -0.1) is 0 Å². The fourth-order valence-corrected chi connectivity index (χ4v) is 2.54. The molecule has 2 N–H and O–H groups in total. The molecule has 126 valence electrons. The standard InChI is InChI=1S/C20H24N2O2/c1-24-20(23)7-3-2-6-19(18-5-4-14-22-15-18)17-10-8-16(9-11-17)12-13-21/h4-6,8-11,14-15H,2-3,7,12-13,21H2,1H3. The Balaban J connectivity index is 2.18. The average molecular weight is 324 g/mol. The Labute approximate surface area is 143 Å². The lowest BCUT2D eigenvalue weighted by atomic mass is 9.96. The number of aromatic nitrogens is 1. The van der Waals surface area contributed by atoms with Crippen molar-refractivity contribution in [3.63, 3.8) is 0 Å². The number of hydrogen-bond acceptors (Lipinski definition) is 4. The smallest absolute Gasteiger partial charge is 0.305 e. The van der Waals surface area contributed by atoms with Gasteiger partial charge in [0, 0.05) is 24.4 Å². The lowest BCUT2D eigenvalue weighted by Crippen LogP contribution is -2.02. The van der Waals surface area contributed by atoms with Gasteiger partial charge < -0.3 is 10.5 Å². The number of methoxy groups -OCH3 is 1. The molecule has 0 aliphatic rings. The van der Waals surface area contributed by atoms with Crippen LogP contribution in [0.3, 0.4) is 0 Å².